The van der Waals surface area contributed by atoms with Crippen LogP contribution in [0.15, 0.2) is 47.6 Å². The molecule has 0 heterocycles. The number of nitrogens with one attached hydrogen (secondary N) is 1. The van der Waals surface area contributed by atoms with Gasteiger partial charge in [-0.05, 0) is 37.3 Å². The van der Waals surface area contributed by atoms with Crippen molar-refractivity contribution in [3.8, 4) is 0 Å². The van der Waals surface area contributed by atoms with Crippen molar-refractivity contribution in [2.45, 2.75) is 6.92 Å². The minimum atomic E-state index is -0.524. The van der Waals surface area contributed by atoms with Crippen molar-refractivity contribution in [3.05, 3.63) is 64.7 Å². The van der Waals surface area contributed by atoms with E-state index in [1.54, 1.807) is 31.2 Å². The summed E-state index contributed by atoms with van der Waals surface area (Å²) in [4.78, 5) is 0. The van der Waals surface area contributed by atoms with Crippen molar-refractivity contribution in [3.63, 3.8) is 0 Å². The van der Waals surface area contributed by atoms with Crippen molar-refractivity contribution in [1.82, 2.24) is 0 Å². The number of hydrogen-bond acceptors (Lipinski definition) is 2. The lowest BCUT2D eigenvalue weighted by molar-refractivity contribution is 0.598. The lowest BCUT2D eigenvalue weighted by atomic mass is 10.1. The molecular formula is C14H11ClF2N2. The molecule has 0 saturated carbocycles. The summed E-state index contributed by atoms with van der Waals surface area (Å²) in [5.41, 5.74) is 3.76. The van der Waals surface area contributed by atoms with E-state index in [1.165, 1.54) is 0 Å². The van der Waals surface area contributed by atoms with E-state index < -0.39 is 11.6 Å². The van der Waals surface area contributed by atoms with Gasteiger partial charge in [0.25, 0.3) is 0 Å². The first-order chi connectivity index (χ1) is 9.08. The van der Waals surface area contributed by atoms with Crippen LogP contribution in [0, 0.1) is 11.6 Å². The Balaban J connectivity index is 2.24. The molecule has 0 spiro atoms. The molecule has 0 atom stereocenters. The molecule has 0 radical (unpaired) electrons. The Labute approximate surface area is 114 Å². The average molecular weight is 281 g/mol. The lowest BCUT2D eigenvalue weighted by Gasteiger charge is -2.06. The van der Waals surface area contributed by atoms with Crippen LogP contribution in [0.2, 0.25) is 5.02 Å². The summed E-state index contributed by atoms with van der Waals surface area (Å²) < 4.78 is 26.6. The van der Waals surface area contributed by atoms with Gasteiger partial charge in [-0.25, -0.2) is 8.78 Å². The van der Waals surface area contributed by atoms with Crippen LogP contribution in [-0.2, 0) is 0 Å². The van der Waals surface area contributed by atoms with Gasteiger partial charge in [0.05, 0.1) is 16.4 Å². The van der Waals surface area contributed by atoms with E-state index in [0.29, 0.717) is 16.4 Å². The minimum Gasteiger partial charge on any atom is -0.277 e. The highest BCUT2D eigenvalue weighted by molar-refractivity contribution is 6.33. The summed E-state index contributed by atoms with van der Waals surface area (Å²) >= 11 is 5.94. The first kappa shape index (κ1) is 13.5. The number of hydrogen-bond donors (Lipinski definition) is 1. The zero-order chi connectivity index (χ0) is 13.8. The quantitative estimate of drug-likeness (QED) is 0.652. The largest absolute Gasteiger partial charge is 0.277 e. The first-order valence-corrected chi connectivity index (χ1v) is 5.96. The number of hydrazone groups is 1. The summed E-state index contributed by atoms with van der Waals surface area (Å²) in [5.74, 6) is -1.03. The van der Waals surface area contributed by atoms with Crippen molar-refractivity contribution < 1.29 is 8.78 Å². The van der Waals surface area contributed by atoms with E-state index in [1.807, 2.05) is 0 Å². The van der Waals surface area contributed by atoms with Gasteiger partial charge in [-0.1, -0.05) is 23.7 Å². The number of rotatable bonds is 3. The Morgan fingerprint density at radius 2 is 1.89 bits per heavy atom. The van der Waals surface area contributed by atoms with Crippen LogP contribution in [0.25, 0.3) is 0 Å². The second-order valence-electron chi connectivity index (χ2n) is 3.91. The smallest absolute Gasteiger partial charge is 0.132 e. The fraction of sp³-hybridized carbons (Fsp3) is 0.0714. The van der Waals surface area contributed by atoms with Gasteiger partial charge in [-0.15, -0.1) is 0 Å². The third kappa shape index (κ3) is 3.29. The van der Waals surface area contributed by atoms with E-state index in [9.17, 15) is 8.78 Å². The van der Waals surface area contributed by atoms with Crippen LogP contribution in [0.4, 0.5) is 14.5 Å². The molecule has 0 aromatic heterocycles. The number of benzene rings is 2. The highest BCUT2D eigenvalue weighted by Gasteiger charge is 2.07. The molecule has 0 aliphatic rings. The summed E-state index contributed by atoms with van der Waals surface area (Å²) in [6.07, 6.45) is 0. The van der Waals surface area contributed by atoms with Gasteiger partial charge >= 0.3 is 0 Å². The molecule has 0 unspecified atom stereocenters. The van der Waals surface area contributed by atoms with Crippen molar-refractivity contribution >= 4 is 23.0 Å². The van der Waals surface area contributed by atoms with E-state index >= 15 is 0 Å². The molecule has 0 fully saturated rings. The second kappa shape index (κ2) is 5.80. The zero-order valence-electron chi connectivity index (χ0n) is 10.1. The summed E-state index contributed by atoms with van der Waals surface area (Å²) in [5, 5.41) is 4.50. The van der Waals surface area contributed by atoms with E-state index in [0.717, 1.165) is 18.2 Å². The normalized spacial score (nSPS) is 11.5. The molecule has 2 aromatic carbocycles. The molecule has 0 aliphatic heterocycles. The van der Waals surface area contributed by atoms with Gasteiger partial charge < -0.3 is 0 Å². The van der Waals surface area contributed by atoms with Crippen LogP contribution < -0.4 is 5.43 Å². The molecule has 0 saturated heterocycles. The Morgan fingerprint density at radius 1 is 1.16 bits per heavy atom. The van der Waals surface area contributed by atoms with E-state index in [4.69, 9.17) is 11.6 Å². The Morgan fingerprint density at radius 3 is 2.63 bits per heavy atom. The molecule has 2 nitrogen and oxygen atoms in total. The van der Waals surface area contributed by atoms with Gasteiger partial charge in [0.2, 0.25) is 0 Å². The summed E-state index contributed by atoms with van der Waals surface area (Å²) in [6, 6.07) is 10.3. The van der Waals surface area contributed by atoms with Crippen molar-refractivity contribution in [1.29, 1.82) is 0 Å². The summed E-state index contributed by atoms with van der Waals surface area (Å²) in [7, 11) is 0. The van der Waals surface area contributed by atoms with Crippen molar-refractivity contribution in [2.75, 3.05) is 5.43 Å². The highest BCUT2D eigenvalue weighted by atomic mass is 35.5. The SMILES string of the molecule is C/C(=N/Nc1ccccc1Cl)c1cc(F)ccc1F. The van der Waals surface area contributed by atoms with Crippen LogP contribution in [0.5, 0.6) is 0 Å². The first-order valence-electron chi connectivity index (χ1n) is 5.58. The Hall–Kier alpha value is -1.94. The Bertz CT molecular complexity index is 627. The highest BCUT2D eigenvalue weighted by Crippen LogP contribution is 2.20. The Kier molecular flexibility index (Phi) is 4.12. The van der Waals surface area contributed by atoms with Crippen molar-refractivity contribution in [2.24, 2.45) is 5.10 Å². The second-order valence-corrected chi connectivity index (χ2v) is 4.32. The predicted octanol–water partition coefficient (Wildman–Crippen LogP) is 4.45. The molecule has 2 aromatic rings. The monoisotopic (exact) mass is 280 g/mol. The molecule has 98 valence electrons. The van der Waals surface area contributed by atoms with Crippen LogP contribution in [0.1, 0.15) is 12.5 Å². The maximum atomic E-state index is 13.5. The van der Waals surface area contributed by atoms with Gasteiger partial charge in [-0.3, -0.25) is 5.43 Å². The molecular weight excluding hydrogens is 270 g/mol. The maximum absolute atomic E-state index is 13.5. The number of nitrogens with zero attached hydrogens (tertiary/aromatic N) is 1. The van der Waals surface area contributed by atoms with Gasteiger partial charge in [0, 0.05) is 5.56 Å². The van der Waals surface area contributed by atoms with Crippen LogP contribution in [-0.4, -0.2) is 5.71 Å². The predicted molar refractivity (Wildman–Crippen MR) is 73.6 cm³/mol. The summed E-state index contributed by atoms with van der Waals surface area (Å²) in [6.45, 7) is 1.59. The zero-order valence-corrected chi connectivity index (χ0v) is 10.9. The van der Waals surface area contributed by atoms with Crippen LogP contribution >= 0.6 is 11.6 Å². The molecule has 5 heteroatoms. The molecule has 2 rings (SSSR count). The van der Waals surface area contributed by atoms with Gasteiger partial charge in [0.15, 0.2) is 0 Å². The fourth-order valence-electron chi connectivity index (χ4n) is 1.53. The maximum Gasteiger partial charge on any atom is 0.132 e. The van der Waals surface area contributed by atoms with Gasteiger partial charge in [-0.2, -0.15) is 5.10 Å². The molecule has 0 bridgehead atoms. The van der Waals surface area contributed by atoms with Crippen LogP contribution in [0.3, 0.4) is 0 Å². The molecule has 19 heavy (non-hydrogen) atoms. The van der Waals surface area contributed by atoms with E-state index in [-0.39, 0.29) is 5.56 Å². The lowest BCUT2D eigenvalue weighted by Crippen LogP contribution is -2.03. The average Bonchev–Trinajstić information content (AvgIpc) is 2.40. The number of para-hydroxylation sites is 1. The third-order valence-electron chi connectivity index (χ3n) is 2.54. The van der Waals surface area contributed by atoms with E-state index in [2.05, 4.69) is 10.5 Å². The molecule has 1 N–H and O–H groups in total. The molecule has 0 aliphatic carbocycles. The third-order valence-corrected chi connectivity index (χ3v) is 2.87. The minimum absolute atomic E-state index is 0.111. The van der Waals surface area contributed by atoms with Gasteiger partial charge in [0.1, 0.15) is 11.6 Å². The standard InChI is InChI=1S/C14H11ClF2N2/c1-9(11-8-10(16)6-7-13(11)17)18-19-14-5-3-2-4-12(14)15/h2-8,19H,1H3/b18-9-. The number of anilines is 1. The fourth-order valence-corrected chi connectivity index (χ4v) is 1.71. The molecule has 0 amide bonds. The number of halogens is 3. The topological polar surface area (TPSA) is 24.4 Å².